The highest BCUT2D eigenvalue weighted by Crippen LogP contribution is 2.36. The van der Waals surface area contributed by atoms with Crippen LogP contribution in [0.5, 0.6) is 5.75 Å². The summed E-state index contributed by atoms with van der Waals surface area (Å²) >= 11 is 1.25. The normalized spacial score (nSPS) is 18.2. The predicted molar refractivity (Wildman–Crippen MR) is 124 cm³/mol. The molecule has 0 aliphatic carbocycles. The number of para-hydroxylation sites is 1. The SMILES string of the molecule is COc1cccc(NC(=O)[C@H](C)SC2=Nc3ccccc3C3=N[C@H](C(C)C)C(=O)N23)c1. The molecular formula is C23H24N4O3S. The van der Waals surface area contributed by atoms with Gasteiger partial charge >= 0.3 is 0 Å². The number of thioether (sulfide) groups is 1. The van der Waals surface area contributed by atoms with E-state index >= 15 is 0 Å². The first kappa shape index (κ1) is 21.1. The van der Waals surface area contributed by atoms with Crippen LogP contribution in [0.4, 0.5) is 11.4 Å². The van der Waals surface area contributed by atoms with Crippen molar-refractivity contribution in [1.82, 2.24) is 4.90 Å². The first-order chi connectivity index (χ1) is 14.9. The summed E-state index contributed by atoms with van der Waals surface area (Å²) in [5.41, 5.74) is 2.22. The molecule has 0 bridgehead atoms. The Kier molecular flexibility index (Phi) is 5.82. The molecule has 2 aromatic carbocycles. The lowest BCUT2D eigenvalue weighted by Gasteiger charge is -2.27. The van der Waals surface area contributed by atoms with E-state index in [0.29, 0.717) is 22.4 Å². The Labute approximate surface area is 185 Å². The highest BCUT2D eigenvalue weighted by atomic mass is 32.2. The molecule has 2 heterocycles. The average molecular weight is 437 g/mol. The minimum atomic E-state index is -0.484. The number of nitrogens with zero attached hydrogens (tertiary/aromatic N) is 3. The number of fused-ring (bicyclic) bond motifs is 3. The van der Waals surface area contributed by atoms with Gasteiger partial charge in [-0.1, -0.05) is 43.8 Å². The molecule has 2 amide bonds. The fourth-order valence-corrected chi connectivity index (χ4v) is 4.35. The van der Waals surface area contributed by atoms with Gasteiger partial charge in [-0.3, -0.25) is 14.6 Å². The molecule has 2 aromatic rings. The summed E-state index contributed by atoms with van der Waals surface area (Å²) in [6, 6.07) is 14.3. The van der Waals surface area contributed by atoms with Gasteiger partial charge in [-0.15, -0.1) is 0 Å². The number of rotatable bonds is 5. The minimum absolute atomic E-state index is 0.0674. The number of ether oxygens (including phenoxy) is 1. The van der Waals surface area contributed by atoms with E-state index in [1.807, 2.05) is 50.2 Å². The third-order valence-electron chi connectivity index (χ3n) is 5.12. The molecule has 160 valence electrons. The number of aliphatic imine (C=N–C) groups is 2. The van der Waals surface area contributed by atoms with Crippen LogP contribution in [0.1, 0.15) is 26.3 Å². The van der Waals surface area contributed by atoms with E-state index in [2.05, 4.69) is 5.32 Å². The zero-order valence-electron chi connectivity index (χ0n) is 17.8. The fraction of sp³-hybridized carbons (Fsp3) is 0.304. The molecule has 2 atom stereocenters. The monoisotopic (exact) mass is 436 g/mol. The van der Waals surface area contributed by atoms with Crippen LogP contribution in [-0.4, -0.2) is 46.1 Å². The van der Waals surface area contributed by atoms with Crippen molar-refractivity contribution in [2.75, 3.05) is 12.4 Å². The molecule has 0 saturated carbocycles. The van der Waals surface area contributed by atoms with Crippen molar-refractivity contribution in [2.45, 2.75) is 32.1 Å². The Morgan fingerprint density at radius 3 is 2.68 bits per heavy atom. The van der Waals surface area contributed by atoms with Crippen molar-refractivity contribution in [3.8, 4) is 5.75 Å². The lowest BCUT2D eigenvalue weighted by Crippen LogP contribution is -2.43. The Morgan fingerprint density at radius 2 is 1.94 bits per heavy atom. The highest BCUT2D eigenvalue weighted by molar-refractivity contribution is 8.15. The van der Waals surface area contributed by atoms with E-state index in [4.69, 9.17) is 14.7 Å². The average Bonchev–Trinajstić information content (AvgIpc) is 3.12. The van der Waals surface area contributed by atoms with Crippen molar-refractivity contribution in [2.24, 2.45) is 15.9 Å². The molecule has 0 radical (unpaired) electrons. The summed E-state index contributed by atoms with van der Waals surface area (Å²) in [5, 5.41) is 2.88. The molecule has 8 heteroatoms. The van der Waals surface area contributed by atoms with Crippen LogP contribution in [0.25, 0.3) is 0 Å². The Balaban J connectivity index is 1.58. The molecule has 0 aromatic heterocycles. The summed E-state index contributed by atoms with van der Waals surface area (Å²) in [5.74, 6) is 1.04. The van der Waals surface area contributed by atoms with Gasteiger partial charge in [0.1, 0.15) is 17.6 Å². The number of carbonyl (C=O) groups excluding carboxylic acids is 2. The van der Waals surface area contributed by atoms with Crippen LogP contribution < -0.4 is 10.1 Å². The van der Waals surface area contributed by atoms with E-state index in [1.165, 1.54) is 11.8 Å². The lowest BCUT2D eigenvalue weighted by molar-refractivity contribution is -0.125. The second kappa shape index (κ2) is 8.55. The molecule has 1 N–H and O–H groups in total. The lowest BCUT2D eigenvalue weighted by atomic mass is 10.1. The van der Waals surface area contributed by atoms with Gasteiger partial charge in [-0.2, -0.15) is 0 Å². The van der Waals surface area contributed by atoms with Gasteiger partial charge in [0.25, 0.3) is 5.91 Å². The van der Waals surface area contributed by atoms with Crippen molar-refractivity contribution in [1.29, 1.82) is 0 Å². The maximum Gasteiger partial charge on any atom is 0.259 e. The molecule has 0 saturated heterocycles. The number of benzene rings is 2. The topological polar surface area (TPSA) is 83.4 Å². The highest BCUT2D eigenvalue weighted by Gasteiger charge is 2.43. The first-order valence-corrected chi connectivity index (χ1v) is 11.0. The minimum Gasteiger partial charge on any atom is -0.497 e. The molecule has 0 fully saturated rings. The number of methoxy groups -OCH3 is 1. The van der Waals surface area contributed by atoms with E-state index in [-0.39, 0.29) is 17.7 Å². The summed E-state index contributed by atoms with van der Waals surface area (Å²) in [6.07, 6.45) is 0. The summed E-state index contributed by atoms with van der Waals surface area (Å²) in [4.78, 5) is 36.9. The molecule has 0 spiro atoms. The fourth-order valence-electron chi connectivity index (χ4n) is 3.44. The number of nitrogens with one attached hydrogen (secondary N) is 1. The second-order valence-electron chi connectivity index (χ2n) is 7.71. The number of amides is 2. The zero-order chi connectivity index (χ0) is 22.1. The van der Waals surface area contributed by atoms with Crippen LogP contribution in [0, 0.1) is 5.92 Å². The molecule has 31 heavy (non-hydrogen) atoms. The van der Waals surface area contributed by atoms with Crippen LogP contribution in [0.3, 0.4) is 0 Å². The number of anilines is 1. The molecule has 4 rings (SSSR count). The van der Waals surface area contributed by atoms with Gasteiger partial charge in [-0.25, -0.2) is 9.89 Å². The maximum atomic E-state index is 13.1. The molecule has 0 unspecified atom stereocenters. The maximum absolute atomic E-state index is 13.1. The quantitative estimate of drug-likeness (QED) is 0.766. The Bertz CT molecular complexity index is 1100. The van der Waals surface area contributed by atoms with Crippen LogP contribution >= 0.6 is 11.8 Å². The summed E-state index contributed by atoms with van der Waals surface area (Å²) in [7, 11) is 1.58. The third-order valence-corrected chi connectivity index (χ3v) is 6.17. The second-order valence-corrected chi connectivity index (χ2v) is 9.02. The largest absolute Gasteiger partial charge is 0.497 e. The van der Waals surface area contributed by atoms with E-state index in [1.54, 1.807) is 31.1 Å². The number of hydrogen-bond donors (Lipinski definition) is 1. The number of amidine groups is 2. The Hall–Kier alpha value is -3.13. The van der Waals surface area contributed by atoms with Gasteiger partial charge in [0.2, 0.25) is 5.91 Å². The molecule has 2 aliphatic heterocycles. The van der Waals surface area contributed by atoms with Crippen molar-refractivity contribution in [3.05, 3.63) is 54.1 Å². The Morgan fingerprint density at radius 1 is 1.16 bits per heavy atom. The molecule has 2 aliphatic rings. The van der Waals surface area contributed by atoms with Crippen molar-refractivity contribution in [3.63, 3.8) is 0 Å². The number of carbonyl (C=O) groups is 2. The van der Waals surface area contributed by atoms with E-state index in [9.17, 15) is 9.59 Å². The number of hydrogen-bond acceptors (Lipinski definition) is 6. The van der Waals surface area contributed by atoms with Gasteiger partial charge in [0.05, 0.1) is 18.0 Å². The van der Waals surface area contributed by atoms with Gasteiger partial charge in [0.15, 0.2) is 5.17 Å². The molecule has 7 nitrogen and oxygen atoms in total. The van der Waals surface area contributed by atoms with Crippen LogP contribution in [-0.2, 0) is 9.59 Å². The van der Waals surface area contributed by atoms with Gasteiger partial charge in [-0.05, 0) is 37.1 Å². The van der Waals surface area contributed by atoms with E-state index < -0.39 is 11.3 Å². The van der Waals surface area contributed by atoms with Crippen molar-refractivity contribution >= 4 is 46.0 Å². The van der Waals surface area contributed by atoms with Gasteiger partial charge in [0, 0.05) is 17.3 Å². The van der Waals surface area contributed by atoms with Crippen LogP contribution in [0.15, 0.2) is 58.5 Å². The van der Waals surface area contributed by atoms with Gasteiger partial charge < -0.3 is 10.1 Å². The zero-order valence-corrected chi connectivity index (χ0v) is 18.6. The smallest absolute Gasteiger partial charge is 0.259 e. The first-order valence-electron chi connectivity index (χ1n) is 10.1. The third kappa shape index (κ3) is 4.07. The summed E-state index contributed by atoms with van der Waals surface area (Å²) < 4.78 is 5.21. The van der Waals surface area contributed by atoms with E-state index in [0.717, 1.165) is 11.3 Å². The van der Waals surface area contributed by atoms with Crippen LogP contribution in [0.2, 0.25) is 0 Å². The van der Waals surface area contributed by atoms with Crippen molar-refractivity contribution < 1.29 is 14.3 Å². The standard InChI is InChI=1S/C23H24N4O3S/c1-13(2)19-22(29)27-20(26-19)17-10-5-6-11-18(17)25-23(27)31-14(3)21(28)24-15-8-7-9-16(12-15)30-4/h5-14,19H,1-4H3,(H,24,28)/t14-,19+/m0/s1. The molecular weight excluding hydrogens is 412 g/mol. The predicted octanol–water partition coefficient (Wildman–Crippen LogP) is 4.07. The summed E-state index contributed by atoms with van der Waals surface area (Å²) in [6.45, 7) is 5.75.